The van der Waals surface area contributed by atoms with Crippen LogP contribution in [0.25, 0.3) is 0 Å². The molecule has 2 fully saturated rings. The van der Waals surface area contributed by atoms with Crippen LogP contribution in [-0.4, -0.2) is 56.5 Å². The highest BCUT2D eigenvalue weighted by Gasteiger charge is 2.43. The second-order valence-electron chi connectivity index (χ2n) is 21.1. The van der Waals surface area contributed by atoms with Crippen LogP contribution < -0.4 is 21.3 Å². The molecule has 2 aliphatic heterocycles. The number of aliphatic hydroxyl groups is 2. The number of hydrogen-bond donors (Lipinski definition) is 6. The van der Waals surface area contributed by atoms with E-state index in [1.807, 2.05) is 30.3 Å². The van der Waals surface area contributed by atoms with E-state index in [4.69, 9.17) is 16.2 Å². The van der Waals surface area contributed by atoms with Gasteiger partial charge in [0, 0.05) is 47.6 Å². The Bertz CT molecular complexity index is 2790. The Morgan fingerprint density at radius 2 is 1.68 bits per heavy atom. The zero-order valence-corrected chi connectivity index (χ0v) is 43.4. The van der Waals surface area contributed by atoms with E-state index >= 15 is 0 Å². The zero-order chi connectivity index (χ0) is 50.9. The van der Waals surface area contributed by atoms with E-state index in [9.17, 15) is 30.3 Å². The lowest BCUT2D eigenvalue weighted by Crippen LogP contribution is -2.24. The molecule has 73 heavy (non-hydrogen) atoms. The van der Waals surface area contributed by atoms with Crippen LogP contribution in [0.15, 0.2) is 120 Å². The second-order valence-corrected chi connectivity index (χ2v) is 23.6. The molecule has 4 aromatic carbocycles. The Balaban J connectivity index is 1.03. The van der Waals surface area contributed by atoms with Crippen LogP contribution >= 0.6 is 21.6 Å². The molecular formula is C61H70N3O7S2-. The predicted octanol–water partition coefficient (Wildman–Crippen LogP) is 10.2. The lowest BCUT2D eigenvalue weighted by molar-refractivity contribution is -0.307. The quantitative estimate of drug-likeness (QED) is 0.0503. The molecule has 6 atom stereocenters. The third kappa shape index (κ3) is 13.4. The summed E-state index contributed by atoms with van der Waals surface area (Å²) >= 11 is 0. The third-order valence-electron chi connectivity index (χ3n) is 16.1. The Labute approximate surface area is 438 Å². The van der Waals surface area contributed by atoms with Gasteiger partial charge in [-0.3, -0.25) is 9.79 Å². The first kappa shape index (κ1) is 52.6. The highest BCUT2D eigenvalue weighted by molar-refractivity contribution is 8.76. The van der Waals surface area contributed by atoms with Gasteiger partial charge >= 0.3 is 0 Å². The van der Waals surface area contributed by atoms with Crippen LogP contribution in [0.5, 0.6) is 17.2 Å². The summed E-state index contributed by atoms with van der Waals surface area (Å²) in [6, 6.07) is 25.2. The van der Waals surface area contributed by atoms with Gasteiger partial charge in [-0.05, 0) is 169 Å². The van der Waals surface area contributed by atoms with E-state index in [1.54, 1.807) is 58.1 Å². The number of carbonyl (C=O) groups excluding carboxylic acids is 1. The number of carbonyl (C=O) groups is 1. The summed E-state index contributed by atoms with van der Waals surface area (Å²) in [7, 11) is 3.37. The van der Waals surface area contributed by atoms with Crippen molar-refractivity contribution in [3.8, 4) is 29.1 Å². The zero-order valence-electron chi connectivity index (χ0n) is 41.7. The van der Waals surface area contributed by atoms with Crippen LogP contribution in [0.3, 0.4) is 0 Å². The minimum absolute atomic E-state index is 0.00232. The number of aryl methyl sites for hydroxylation is 2. The van der Waals surface area contributed by atoms with Crippen LogP contribution in [0.2, 0.25) is 0 Å². The highest BCUT2D eigenvalue weighted by atomic mass is 33.1. The molecule has 0 radical (unpaired) electrons. The largest absolute Gasteiger partial charge is 0.875 e. The lowest BCUT2D eigenvalue weighted by atomic mass is 9.76. The number of nitrogens with zero attached hydrogens (tertiary/aromatic N) is 1. The van der Waals surface area contributed by atoms with Crippen molar-refractivity contribution in [3.05, 3.63) is 159 Å². The van der Waals surface area contributed by atoms with Crippen molar-refractivity contribution in [1.29, 1.82) is 0 Å². The minimum atomic E-state index is -0.804. The van der Waals surface area contributed by atoms with Crippen LogP contribution in [0.4, 0.5) is 0 Å². The first-order valence-electron chi connectivity index (χ1n) is 26.3. The molecule has 3 aliphatic carbocycles. The maximum absolute atomic E-state index is 14.3. The fourth-order valence-electron chi connectivity index (χ4n) is 11.9. The van der Waals surface area contributed by atoms with Crippen molar-refractivity contribution in [2.24, 2.45) is 39.6 Å². The van der Waals surface area contributed by atoms with Gasteiger partial charge in [0.05, 0.1) is 37.1 Å². The van der Waals surface area contributed by atoms with Crippen molar-refractivity contribution in [1.82, 2.24) is 0 Å². The lowest BCUT2D eigenvalue weighted by Gasteiger charge is -2.30. The van der Waals surface area contributed by atoms with Gasteiger partial charge in [-0.15, -0.1) is 5.76 Å². The fraction of sp³-hybridized carbons (Fsp3) is 0.443. The molecule has 0 aromatic heterocycles. The molecule has 5 aliphatic rings. The predicted molar refractivity (Wildman–Crippen MR) is 292 cm³/mol. The standard InChI is InChI=1S/C61H71N3O7S2/c62-60(63)50-32-44-11-6-12-53-48(23-27-64-53)57(69)34-51-49(44)33-45(50)37-72-73-38-46-35-61(36-58(46)70,25-21-41(14-13-39-7-2-1-3-8-39)30-56(68)43-9-4-5-10-43)26-22-47(65)18-15-40-17-20-55(67)59(31-40)71-28-24-42-16-19-54(66)52(51)29-42/h1-3,7-8,16-17,19-20,22-23,26-27,29,31-33,41,43,46,51,56,58,60,66-70H,4-5,9-10,12-15,18,21,24-25,28,30,34-38,62-63H2/p-1. The molecule has 8 N–H and O–H groups in total. The summed E-state index contributed by atoms with van der Waals surface area (Å²) in [5.74, 6) is 8.15. The van der Waals surface area contributed by atoms with Gasteiger partial charge in [-0.2, -0.15) is 0 Å². The van der Waals surface area contributed by atoms with Gasteiger partial charge in [0.1, 0.15) is 5.75 Å². The molecular weight excluding hydrogens is 951 g/mol. The minimum Gasteiger partial charge on any atom is -0.875 e. The number of aromatic hydroxyl groups is 2. The second kappa shape index (κ2) is 24.4. The summed E-state index contributed by atoms with van der Waals surface area (Å²) in [5.41, 5.74) is 20.5. The number of phenolic OH excluding ortho intramolecular Hbond substituents is 2. The number of fused-ring (bicyclic) bond motifs is 9. The summed E-state index contributed by atoms with van der Waals surface area (Å²) < 4.78 is 6.19. The van der Waals surface area contributed by atoms with Crippen LogP contribution in [-0.2, 0) is 29.8 Å². The van der Waals surface area contributed by atoms with Gasteiger partial charge in [-0.1, -0.05) is 107 Å². The van der Waals surface area contributed by atoms with Crippen molar-refractivity contribution >= 4 is 33.1 Å². The summed E-state index contributed by atoms with van der Waals surface area (Å²) in [6.07, 6.45) is 17.2. The molecule has 4 aromatic rings. The number of allylic oxidation sites excluding steroid dienone is 5. The number of phenols is 2. The molecule has 0 saturated heterocycles. The smallest absolute Gasteiger partial charge is 0.161 e. The molecule has 12 heteroatoms. The van der Waals surface area contributed by atoms with Gasteiger partial charge < -0.3 is 41.7 Å². The van der Waals surface area contributed by atoms with Crippen molar-refractivity contribution < 1.29 is 35.1 Å². The van der Waals surface area contributed by atoms with Crippen molar-refractivity contribution in [3.63, 3.8) is 0 Å². The number of benzene rings is 4. The maximum atomic E-state index is 14.3. The average Bonchev–Trinajstić information content (AvgIpc) is 4.17. The molecule has 2 heterocycles. The molecule has 10 nitrogen and oxygen atoms in total. The number of aliphatic imine (C=N–C) groups is 1. The number of hydrogen-bond acceptors (Lipinski definition) is 12. The first-order valence-corrected chi connectivity index (χ1v) is 28.8. The molecule has 8 bridgehead atoms. The van der Waals surface area contributed by atoms with Crippen LogP contribution in [0.1, 0.15) is 140 Å². The van der Waals surface area contributed by atoms with Crippen molar-refractivity contribution in [2.45, 2.75) is 133 Å². The molecule has 9 rings (SSSR count). The molecule has 384 valence electrons. The normalized spacial score (nSPS) is 23.7. The maximum Gasteiger partial charge on any atom is 0.161 e. The SMILES string of the molecule is NC(N)c1cc2c3cc1CSSCC1CC(CCC(CCc4ccccc4)CC(O)C4CCCC4)(C=CC(=O)CCc4ccc(O)c(c4)OCCc4ccc(O)c(c4)C3CC([O-])=C3C=CN=C3CC#C2)CC1O. The van der Waals surface area contributed by atoms with Gasteiger partial charge in [0.15, 0.2) is 17.3 Å². The Morgan fingerprint density at radius 3 is 2.49 bits per heavy atom. The Morgan fingerprint density at radius 1 is 0.890 bits per heavy atom. The number of ether oxygens (including phenoxy) is 1. The molecule has 2 saturated carbocycles. The van der Waals surface area contributed by atoms with Gasteiger partial charge in [0.2, 0.25) is 0 Å². The molecule has 6 unspecified atom stereocenters. The topological polar surface area (TPSA) is 195 Å². The van der Waals surface area contributed by atoms with E-state index in [-0.39, 0.29) is 60.4 Å². The Kier molecular flexibility index (Phi) is 17.6. The van der Waals surface area contributed by atoms with Gasteiger partial charge in [0.25, 0.3) is 0 Å². The fourth-order valence-corrected chi connectivity index (χ4v) is 14.4. The summed E-state index contributed by atoms with van der Waals surface area (Å²) in [4.78, 5) is 18.3. The number of nitrogens with two attached hydrogens (primary N) is 2. The monoisotopic (exact) mass is 1020 g/mol. The van der Waals surface area contributed by atoms with E-state index < -0.39 is 23.6 Å². The third-order valence-corrected chi connectivity index (χ3v) is 18.5. The van der Waals surface area contributed by atoms with E-state index in [1.165, 1.54) is 18.4 Å². The van der Waals surface area contributed by atoms with Crippen molar-refractivity contribution in [2.75, 3.05) is 12.4 Å². The van der Waals surface area contributed by atoms with Gasteiger partial charge in [-0.25, -0.2) is 0 Å². The number of aliphatic hydroxyl groups excluding tert-OH is 2. The molecule has 0 spiro atoms. The average molecular weight is 1020 g/mol. The van der Waals surface area contributed by atoms with E-state index in [0.717, 1.165) is 79.2 Å². The van der Waals surface area contributed by atoms with E-state index in [2.05, 4.69) is 53.2 Å². The van der Waals surface area contributed by atoms with Crippen LogP contribution in [0, 0.1) is 35.0 Å². The highest BCUT2D eigenvalue weighted by Crippen LogP contribution is 2.50. The number of rotatable bonds is 10. The number of ketones is 1. The van der Waals surface area contributed by atoms with E-state index in [0.29, 0.717) is 71.3 Å². The molecule has 0 amide bonds. The Hall–Kier alpha value is -5.26. The summed E-state index contributed by atoms with van der Waals surface area (Å²) in [5, 5.41) is 60.2. The first-order chi connectivity index (χ1) is 35.4. The summed E-state index contributed by atoms with van der Waals surface area (Å²) in [6.45, 7) is 0.218.